The summed E-state index contributed by atoms with van der Waals surface area (Å²) in [5.41, 5.74) is 3.44. The number of aromatic nitrogens is 1. The summed E-state index contributed by atoms with van der Waals surface area (Å²) in [5, 5.41) is 3.16. The molecule has 0 spiro atoms. The van der Waals surface area contributed by atoms with E-state index < -0.39 is 0 Å². The normalized spacial score (nSPS) is 12.6. The van der Waals surface area contributed by atoms with Gasteiger partial charge in [-0.05, 0) is 57.1 Å². The third-order valence-corrected chi connectivity index (χ3v) is 5.92. The van der Waals surface area contributed by atoms with Gasteiger partial charge in [0.05, 0.1) is 11.8 Å². The topological polar surface area (TPSA) is 50.4 Å². The standard InChI is InChI=1S/C23H30BrN3O2/c1-4-26(5-2)13-6-7-17(3)25-23(28)21-15-22-20(12-14-29-22)27(21)16-18-8-10-19(24)11-9-18/h8-12,14-15,17H,4-7,13,16H2,1-3H3,(H,25,28). The van der Waals surface area contributed by atoms with Crippen LogP contribution in [0.1, 0.15) is 49.7 Å². The molecule has 0 fully saturated rings. The molecule has 5 nitrogen and oxygen atoms in total. The molecule has 0 aliphatic carbocycles. The maximum atomic E-state index is 13.0. The molecule has 6 heteroatoms. The summed E-state index contributed by atoms with van der Waals surface area (Å²) in [6, 6.07) is 12.0. The van der Waals surface area contributed by atoms with Crippen LogP contribution in [0.15, 0.2) is 51.6 Å². The molecule has 156 valence electrons. The van der Waals surface area contributed by atoms with E-state index in [1.54, 1.807) is 6.26 Å². The van der Waals surface area contributed by atoms with Crippen molar-refractivity contribution in [3.63, 3.8) is 0 Å². The Balaban J connectivity index is 1.69. The lowest BCUT2D eigenvalue weighted by molar-refractivity contribution is 0.0928. The van der Waals surface area contributed by atoms with Gasteiger partial charge in [-0.15, -0.1) is 0 Å². The van der Waals surface area contributed by atoms with Crippen molar-refractivity contribution in [2.75, 3.05) is 19.6 Å². The lowest BCUT2D eigenvalue weighted by Gasteiger charge is -2.20. The maximum Gasteiger partial charge on any atom is 0.268 e. The molecule has 1 atom stereocenters. The Kier molecular flexibility index (Phi) is 7.56. The number of hydrogen-bond donors (Lipinski definition) is 1. The van der Waals surface area contributed by atoms with E-state index in [-0.39, 0.29) is 11.9 Å². The van der Waals surface area contributed by atoms with Crippen LogP contribution >= 0.6 is 15.9 Å². The number of carbonyl (C=O) groups is 1. The molecule has 1 aromatic carbocycles. The molecule has 0 radical (unpaired) electrons. The Bertz CT molecular complexity index is 925. The van der Waals surface area contributed by atoms with Crippen molar-refractivity contribution in [3.05, 3.63) is 58.4 Å². The lowest BCUT2D eigenvalue weighted by Crippen LogP contribution is -2.34. The Hall–Kier alpha value is -2.05. The highest BCUT2D eigenvalue weighted by molar-refractivity contribution is 9.10. The minimum absolute atomic E-state index is 0.0520. The van der Waals surface area contributed by atoms with Gasteiger partial charge in [0, 0.05) is 29.2 Å². The highest BCUT2D eigenvalue weighted by atomic mass is 79.9. The van der Waals surface area contributed by atoms with Gasteiger partial charge in [0.25, 0.3) is 5.91 Å². The van der Waals surface area contributed by atoms with Crippen LogP contribution in [0, 0.1) is 0 Å². The van der Waals surface area contributed by atoms with Crippen molar-refractivity contribution >= 4 is 32.9 Å². The van der Waals surface area contributed by atoms with E-state index in [1.807, 2.05) is 28.8 Å². The van der Waals surface area contributed by atoms with Crippen molar-refractivity contribution in [2.24, 2.45) is 0 Å². The molecule has 29 heavy (non-hydrogen) atoms. The number of nitrogens with one attached hydrogen (secondary N) is 1. The van der Waals surface area contributed by atoms with E-state index in [4.69, 9.17) is 4.42 Å². The second-order valence-electron chi connectivity index (χ2n) is 7.46. The van der Waals surface area contributed by atoms with Crippen LogP contribution in [-0.4, -0.2) is 41.1 Å². The molecule has 1 unspecified atom stereocenters. The predicted octanol–water partition coefficient (Wildman–Crippen LogP) is 5.29. The van der Waals surface area contributed by atoms with Crippen LogP contribution in [0.5, 0.6) is 0 Å². The molecule has 0 saturated heterocycles. The first-order valence-corrected chi connectivity index (χ1v) is 11.2. The number of rotatable bonds is 10. The van der Waals surface area contributed by atoms with E-state index >= 15 is 0 Å². The first-order chi connectivity index (χ1) is 14.0. The number of nitrogens with zero attached hydrogens (tertiary/aromatic N) is 2. The Labute approximate surface area is 181 Å². The van der Waals surface area contributed by atoms with Gasteiger partial charge in [-0.3, -0.25) is 4.79 Å². The van der Waals surface area contributed by atoms with Crippen molar-refractivity contribution in [1.29, 1.82) is 0 Å². The number of benzene rings is 1. The van der Waals surface area contributed by atoms with Crippen LogP contribution < -0.4 is 5.32 Å². The molecule has 0 bridgehead atoms. The fourth-order valence-corrected chi connectivity index (χ4v) is 3.90. The zero-order valence-corrected chi connectivity index (χ0v) is 19.0. The Morgan fingerprint density at radius 1 is 1.21 bits per heavy atom. The highest BCUT2D eigenvalue weighted by Crippen LogP contribution is 2.23. The summed E-state index contributed by atoms with van der Waals surface area (Å²) in [5.74, 6) is -0.0520. The van der Waals surface area contributed by atoms with Crippen LogP contribution in [0.2, 0.25) is 0 Å². The predicted molar refractivity (Wildman–Crippen MR) is 121 cm³/mol. The minimum atomic E-state index is -0.0520. The van der Waals surface area contributed by atoms with Crippen LogP contribution in [0.4, 0.5) is 0 Å². The minimum Gasteiger partial charge on any atom is -0.463 e. The number of hydrogen-bond acceptors (Lipinski definition) is 3. The van der Waals surface area contributed by atoms with E-state index in [1.165, 1.54) is 0 Å². The summed E-state index contributed by atoms with van der Waals surface area (Å²) >= 11 is 3.47. The Morgan fingerprint density at radius 3 is 2.62 bits per heavy atom. The van der Waals surface area contributed by atoms with Crippen LogP contribution in [0.3, 0.4) is 0 Å². The molecule has 1 N–H and O–H groups in total. The average molecular weight is 460 g/mol. The zero-order valence-electron chi connectivity index (χ0n) is 17.5. The molecular formula is C23H30BrN3O2. The summed E-state index contributed by atoms with van der Waals surface area (Å²) in [6.07, 6.45) is 3.71. The molecule has 0 saturated carbocycles. The fraction of sp³-hybridized carbons (Fsp3) is 0.435. The average Bonchev–Trinajstić information content (AvgIpc) is 3.29. The van der Waals surface area contributed by atoms with E-state index in [0.717, 1.165) is 53.6 Å². The van der Waals surface area contributed by atoms with Gasteiger partial charge in [-0.2, -0.15) is 0 Å². The smallest absolute Gasteiger partial charge is 0.268 e. The summed E-state index contributed by atoms with van der Waals surface area (Å²) in [6.45, 7) is 10.3. The molecule has 0 aliphatic rings. The first-order valence-electron chi connectivity index (χ1n) is 10.4. The summed E-state index contributed by atoms with van der Waals surface area (Å²) in [4.78, 5) is 15.4. The summed E-state index contributed by atoms with van der Waals surface area (Å²) in [7, 11) is 0. The largest absolute Gasteiger partial charge is 0.463 e. The third kappa shape index (κ3) is 5.52. The number of furan rings is 1. The van der Waals surface area contributed by atoms with Crippen molar-refractivity contribution in [1.82, 2.24) is 14.8 Å². The van der Waals surface area contributed by atoms with Gasteiger partial charge in [-0.1, -0.05) is 41.9 Å². The molecule has 3 aromatic rings. The summed E-state index contributed by atoms with van der Waals surface area (Å²) < 4.78 is 8.62. The van der Waals surface area contributed by atoms with Gasteiger partial charge < -0.3 is 19.2 Å². The first kappa shape index (κ1) is 21.7. The number of carbonyl (C=O) groups excluding carboxylic acids is 1. The van der Waals surface area contributed by atoms with E-state index in [9.17, 15) is 4.79 Å². The van der Waals surface area contributed by atoms with E-state index in [2.05, 4.69) is 59.1 Å². The number of fused-ring (bicyclic) bond motifs is 1. The van der Waals surface area contributed by atoms with Crippen molar-refractivity contribution in [2.45, 2.75) is 46.2 Å². The van der Waals surface area contributed by atoms with Crippen LogP contribution in [-0.2, 0) is 6.54 Å². The molecule has 2 aromatic heterocycles. The number of amides is 1. The molecule has 2 heterocycles. The molecular weight excluding hydrogens is 430 g/mol. The molecule has 1 amide bonds. The second-order valence-corrected chi connectivity index (χ2v) is 8.37. The van der Waals surface area contributed by atoms with Gasteiger partial charge in [-0.25, -0.2) is 0 Å². The quantitative estimate of drug-likeness (QED) is 0.448. The van der Waals surface area contributed by atoms with Crippen molar-refractivity contribution in [3.8, 4) is 0 Å². The SMILES string of the molecule is CCN(CC)CCCC(C)NC(=O)c1cc2occc2n1Cc1ccc(Br)cc1. The zero-order chi connectivity index (χ0) is 20.8. The maximum absolute atomic E-state index is 13.0. The van der Waals surface area contributed by atoms with Gasteiger partial charge in [0.15, 0.2) is 5.58 Å². The van der Waals surface area contributed by atoms with Crippen LogP contribution in [0.25, 0.3) is 11.1 Å². The Morgan fingerprint density at radius 2 is 1.93 bits per heavy atom. The molecule has 3 rings (SSSR count). The second kappa shape index (κ2) is 10.1. The lowest BCUT2D eigenvalue weighted by atomic mass is 10.1. The van der Waals surface area contributed by atoms with E-state index in [0.29, 0.717) is 12.2 Å². The monoisotopic (exact) mass is 459 g/mol. The fourth-order valence-electron chi connectivity index (χ4n) is 3.64. The highest BCUT2D eigenvalue weighted by Gasteiger charge is 2.19. The van der Waals surface area contributed by atoms with Gasteiger partial charge in [0.2, 0.25) is 0 Å². The molecule has 0 aliphatic heterocycles. The number of halogens is 1. The van der Waals surface area contributed by atoms with Crippen molar-refractivity contribution < 1.29 is 9.21 Å². The third-order valence-electron chi connectivity index (χ3n) is 5.39. The van der Waals surface area contributed by atoms with Gasteiger partial charge >= 0.3 is 0 Å². The van der Waals surface area contributed by atoms with Gasteiger partial charge in [0.1, 0.15) is 5.69 Å².